The van der Waals surface area contributed by atoms with Crippen LogP contribution in [0, 0.1) is 13.8 Å². The summed E-state index contributed by atoms with van der Waals surface area (Å²) in [4.78, 5) is 41.8. The Morgan fingerprint density at radius 1 is 0.607 bits per heavy atom. The molecule has 12 nitrogen and oxygen atoms in total. The number of benzene rings is 4. The molecule has 0 saturated carbocycles. The third-order valence-corrected chi connectivity index (χ3v) is 9.16. The number of rotatable bonds is 10. The van der Waals surface area contributed by atoms with Crippen LogP contribution in [0.1, 0.15) is 102 Å². The van der Waals surface area contributed by atoms with Crippen molar-refractivity contribution in [3.05, 3.63) is 156 Å². The predicted molar refractivity (Wildman–Crippen MR) is 216 cm³/mol. The Kier molecular flexibility index (Phi) is 11.9. The van der Waals surface area contributed by atoms with Gasteiger partial charge in [-0.2, -0.15) is 10.2 Å². The normalized spacial score (nSPS) is 11.6. The number of carbonyl (C=O) groups is 2. The van der Waals surface area contributed by atoms with Gasteiger partial charge in [0, 0.05) is 29.8 Å². The molecule has 0 aliphatic heterocycles. The lowest BCUT2D eigenvalue weighted by Crippen LogP contribution is -2.27. The number of carbonyl (C=O) groups excluding carboxylic acids is 1. The van der Waals surface area contributed by atoms with Crippen LogP contribution in [0.15, 0.2) is 116 Å². The number of carboxylic acids is 1. The molecule has 1 atom stereocenters. The molecule has 0 aliphatic carbocycles. The maximum atomic E-state index is 13.2. The van der Waals surface area contributed by atoms with Gasteiger partial charge >= 0.3 is 5.97 Å². The van der Waals surface area contributed by atoms with E-state index in [1.54, 1.807) is 46.4 Å². The number of hydrogen-bond acceptors (Lipinski definition) is 8. The molecular formula is C44H45N9O3. The first-order valence-electron chi connectivity index (χ1n) is 18.4. The van der Waals surface area contributed by atoms with E-state index in [-0.39, 0.29) is 29.3 Å². The van der Waals surface area contributed by atoms with Crippen LogP contribution >= 0.6 is 0 Å². The van der Waals surface area contributed by atoms with Crippen LogP contribution in [-0.4, -0.2) is 56.5 Å². The summed E-state index contributed by atoms with van der Waals surface area (Å²) in [6.07, 6.45) is 7.92. The summed E-state index contributed by atoms with van der Waals surface area (Å²) in [6.45, 7) is 14.2. The Morgan fingerprint density at radius 2 is 1.09 bits per heavy atom. The van der Waals surface area contributed by atoms with Crippen LogP contribution in [0.3, 0.4) is 0 Å². The van der Waals surface area contributed by atoms with Gasteiger partial charge in [-0.05, 0) is 79.4 Å². The Hall–Kier alpha value is -6.82. The summed E-state index contributed by atoms with van der Waals surface area (Å²) in [5.74, 6) is 0.858. The number of aryl methyl sites for hydroxylation is 2. The van der Waals surface area contributed by atoms with Crippen LogP contribution in [0.4, 0.5) is 0 Å². The number of aromatic nitrogens is 8. The lowest BCUT2D eigenvalue weighted by atomic mass is 10.00. The van der Waals surface area contributed by atoms with E-state index in [0.717, 1.165) is 45.2 Å². The third kappa shape index (κ3) is 9.09. The van der Waals surface area contributed by atoms with Crippen LogP contribution < -0.4 is 5.32 Å². The van der Waals surface area contributed by atoms with Crippen molar-refractivity contribution < 1.29 is 14.7 Å². The van der Waals surface area contributed by atoms with E-state index in [9.17, 15) is 14.7 Å². The van der Waals surface area contributed by atoms with Gasteiger partial charge in [-0.25, -0.2) is 24.1 Å². The molecule has 7 rings (SSSR count). The fourth-order valence-corrected chi connectivity index (χ4v) is 6.12. The first kappa shape index (κ1) is 38.9. The number of nitrogens with one attached hydrogen (secondary N) is 1. The number of nitrogens with zero attached hydrogens (tertiary/aromatic N) is 8. The zero-order valence-corrected chi connectivity index (χ0v) is 32.5. The van der Waals surface area contributed by atoms with Gasteiger partial charge in [-0.15, -0.1) is 0 Å². The van der Waals surface area contributed by atoms with Gasteiger partial charge in [-0.1, -0.05) is 87.4 Å². The summed E-state index contributed by atoms with van der Waals surface area (Å²) >= 11 is 0. The topological polar surface area (TPSA) is 154 Å². The van der Waals surface area contributed by atoms with Crippen molar-refractivity contribution in [2.45, 2.75) is 66.3 Å². The van der Waals surface area contributed by atoms with Gasteiger partial charge in [0.2, 0.25) is 0 Å². The highest BCUT2D eigenvalue weighted by atomic mass is 16.4. The van der Waals surface area contributed by atoms with Crippen LogP contribution in [0.5, 0.6) is 0 Å². The molecule has 0 bridgehead atoms. The Morgan fingerprint density at radius 3 is 1.54 bits per heavy atom. The second-order valence-corrected chi connectivity index (χ2v) is 14.3. The Bertz CT molecular complexity index is 2440. The highest BCUT2D eigenvalue weighted by Gasteiger charge is 2.18. The molecule has 3 heterocycles. The van der Waals surface area contributed by atoms with Gasteiger partial charge < -0.3 is 10.4 Å². The molecule has 0 saturated heterocycles. The second kappa shape index (κ2) is 17.1. The summed E-state index contributed by atoms with van der Waals surface area (Å²) < 4.78 is 3.50. The van der Waals surface area contributed by atoms with E-state index in [1.807, 2.05) is 76.2 Å². The zero-order chi connectivity index (χ0) is 39.9. The lowest BCUT2D eigenvalue weighted by molar-refractivity contribution is 0.0696. The van der Waals surface area contributed by atoms with Crippen LogP contribution in [-0.2, 0) is 0 Å². The molecule has 2 N–H and O–H groups in total. The molecular weight excluding hydrogens is 703 g/mol. The fourth-order valence-electron chi connectivity index (χ4n) is 6.12. The van der Waals surface area contributed by atoms with Gasteiger partial charge in [0.25, 0.3) is 5.91 Å². The average Bonchev–Trinajstić information content (AvgIpc) is 3.91. The summed E-state index contributed by atoms with van der Waals surface area (Å²) in [5.41, 5.74) is 9.08. The third-order valence-electron chi connectivity index (χ3n) is 9.16. The summed E-state index contributed by atoms with van der Waals surface area (Å²) in [6, 6.07) is 27.0. The second-order valence-electron chi connectivity index (χ2n) is 14.3. The molecule has 1 amide bonds. The molecule has 12 heteroatoms. The molecule has 7 aromatic rings. The molecule has 0 spiro atoms. The molecule has 1 unspecified atom stereocenters. The summed E-state index contributed by atoms with van der Waals surface area (Å²) in [7, 11) is 0. The number of carboxylic acid groups (broad SMARTS) is 1. The van der Waals surface area contributed by atoms with E-state index in [4.69, 9.17) is 0 Å². The SMILES string of the molecule is Cc1ccc(-c2cc(C(=O)NC(C)c3cnccn3)cc(-n3ncnc3C(C)C)c2)cc1.Cc1ccc(-c2cc(C(=O)O)cc(-n3ncnc3C(C)C)c2)cc1. The van der Waals surface area contributed by atoms with Crippen molar-refractivity contribution in [3.8, 4) is 33.6 Å². The summed E-state index contributed by atoms with van der Waals surface area (Å²) in [5, 5.41) is 21.2. The van der Waals surface area contributed by atoms with Crippen LogP contribution in [0.2, 0.25) is 0 Å². The standard InChI is InChI=1S/C25H26N6O.C19H19N3O2/c1-16(2)24-28-15-29-31(24)22-12-20(19-7-5-17(3)6-8-19)11-21(13-22)25(32)30-18(4)23-14-26-9-10-27-23;1-12(2)18-20-11-21-22(18)17-9-15(8-16(10-17)19(23)24)14-6-4-13(3)5-7-14/h5-16,18H,1-4H3,(H,30,32);4-12H,1-3H3,(H,23,24). The number of amides is 1. The number of aromatic carboxylic acids is 1. The minimum absolute atomic E-state index is 0.184. The van der Waals surface area contributed by atoms with E-state index >= 15 is 0 Å². The lowest BCUT2D eigenvalue weighted by Gasteiger charge is -2.16. The van der Waals surface area contributed by atoms with Crippen molar-refractivity contribution in [3.63, 3.8) is 0 Å². The van der Waals surface area contributed by atoms with Crippen molar-refractivity contribution in [2.24, 2.45) is 0 Å². The molecule has 4 aromatic carbocycles. The first-order valence-corrected chi connectivity index (χ1v) is 18.4. The number of hydrogen-bond donors (Lipinski definition) is 2. The van der Waals surface area contributed by atoms with E-state index in [0.29, 0.717) is 16.9 Å². The Balaban J connectivity index is 0.000000198. The van der Waals surface area contributed by atoms with Crippen molar-refractivity contribution in [1.82, 2.24) is 44.8 Å². The van der Waals surface area contributed by atoms with Gasteiger partial charge in [0.15, 0.2) is 0 Å². The molecule has 56 heavy (non-hydrogen) atoms. The molecule has 0 radical (unpaired) electrons. The van der Waals surface area contributed by atoms with E-state index < -0.39 is 5.97 Å². The minimum atomic E-state index is -0.962. The monoisotopic (exact) mass is 747 g/mol. The average molecular weight is 748 g/mol. The smallest absolute Gasteiger partial charge is 0.335 e. The first-order chi connectivity index (χ1) is 26.9. The maximum absolute atomic E-state index is 13.2. The zero-order valence-electron chi connectivity index (χ0n) is 32.5. The van der Waals surface area contributed by atoms with Gasteiger partial charge in [0.1, 0.15) is 24.3 Å². The van der Waals surface area contributed by atoms with E-state index in [2.05, 4.69) is 80.5 Å². The predicted octanol–water partition coefficient (Wildman–Crippen LogP) is 8.71. The minimum Gasteiger partial charge on any atom is -0.478 e. The largest absolute Gasteiger partial charge is 0.478 e. The maximum Gasteiger partial charge on any atom is 0.335 e. The molecule has 0 aliphatic rings. The van der Waals surface area contributed by atoms with E-state index in [1.165, 1.54) is 11.9 Å². The van der Waals surface area contributed by atoms with Crippen molar-refractivity contribution in [1.29, 1.82) is 0 Å². The highest BCUT2D eigenvalue weighted by molar-refractivity contribution is 5.96. The molecule has 284 valence electrons. The quantitative estimate of drug-likeness (QED) is 0.140. The Labute approximate surface area is 326 Å². The van der Waals surface area contributed by atoms with Gasteiger partial charge in [0.05, 0.1) is 34.9 Å². The van der Waals surface area contributed by atoms with Crippen LogP contribution in [0.25, 0.3) is 33.6 Å². The molecule has 0 fully saturated rings. The highest BCUT2D eigenvalue weighted by Crippen LogP contribution is 2.28. The van der Waals surface area contributed by atoms with Crippen molar-refractivity contribution >= 4 is 11.9 Å². The molecule has 3 aromatic heterocycles. The van der Waals surface area contributed by atoms with Crippen molar-refractivity contribution in [2.75, 3.05) is 0 Å². The van der Waals surface area contributed by atoms with Gasteiger partial charge in [-0.3, -0.25) is 14.8 Å². The fraction of sp³-hybridized carbons (Fsp3) is 0.227.